The Hall–Kier alpha value is -3.37. The normalized spacial score (nSPS) is 14.9. The first-order chi connectivity index (χ1) is 16.1. The summed E-state index contributed by atoms with van der Waals surface area (Å²) >= 11 is 1.43. The number of hydrogen-bond donors (Lipinski definition) is 2. The topological polar surface area (TPSA) is 109 Å². The van der Waals surface area contributed by atoms with Gasteiger partial charge in [0.05, 0.1) is 12.3 Å². The number of esters is 1. The zero-order valence-corrected chi connectivity index (χ0v) is 19.2. The minimum Gasteiger partial charge on any atom is -0.465 e. The van der Waals surface area contributed by atoms with E-state index in [0.717, 1.165) is 42.9 Å². The van der Waals surface area contributed by atoms with E-state index in [9.17, 15) is 9.59 Å². The van der Waals surface area contributed by atoms with Crippen LogP contribution in [0.3, 0.4) is 0 Å². The molecule has 1 saturated heterocycles. The Morgan fingerprint density at radius 2 is 1.82 bits per heavy atom. The molecule has 0 spiro atoms. The van der Waals surface area contributed by atoms with Gasteiger partial charge in [-0.3, -0.25) is 20.5 Å². The molecule has 0 aromatic carbocycles. The Kier molecular flexibility index (Phi) is 7.59. The molecule has 2 N–H and O–H groups in total. The number of ether oxygens (including phenoxy) is 1. The number of thiazole rings is 1. The van der Waals surface area contributed by atoms with E-state index in [1.54, 1.807) is 42.9 Å². The molecule has 0 aliphatic carbocycles. The number of nitrogens with zero attached hydrogens (tertiary/aromatic N) is 4. The molecule has 2 amide bonds. The number of aromatic nitrogens is 3. The first-order valence-corrected chi connectivity index (χ1v) is 11.8. The second kappa shape index (κ2) is 11.0. The number of hydrogen-bond acceptors (Lipinski definition) is 8. The fraction of sp³-hybridized carbons (Fsp3) is 0.348. The van der Waals surface area contributed by atoms with Gasteiger partial charge in [0.2, 0.25) is 0 Å². The van der Waals surface area contributed by atoms with Gasteiger partial charge < -0.3 is 4.74 Å². The SMILES string of the molecule is CCOC(=O)C(c1cccc(NC(=O)Nc2csc(-c3ccncc3)n2)n1)N1CCCCC1. The summed E-state index contributed by atoms with van der Waals surface area (Å²) in [6.45, 7) is 3.72. The van der Waals surface area contributed by atoms with Crippen LogP contribution in [0.2, 0.25) is 0 Å². The van der Waals surface area contributed by atoms with E-state index >= 15 is 0 Å². The highest BCUT2D eigenvalue weighted by Crippen LogP contribution is 2.27. The summed E-state index contributed by atoms with van der Waals surface area (Å²) in [4.78, 5) is 40.4. The zero-order chi connectivity index (χ0) is 23.0. The van der Waals surface area contributed by atoms with Crippen LogP contribution in [0.5, 0.6) is 0 Å². The van der Waals surface area contributed by atoms with Crippen LogP contribution < -0.4 is 10.6 Å². The van der Waals surface area contributed by atoms with Crippen LogP contribution >= 0.6 is 11.3 Å². The van der Waals surface area contributed by atoms with Crippen molar-refractivity contribution in [3.63, 3.8) is 0 Å². The van der Waals surface area contributed by atoms with Crippen molar-refractivity contribution in [3.8, 4) is 10.6 Å². The number of carbonyl (C=O) groups is 2. The molecule has 1 unspecified atom stereocenters. The largest absolute Gasteiger partial charge is 0.465 e. The Balaban J connectivity index is 1.45. The van der Waals surface area contributed by atoms with Gasteiger partial charge in [0, 0.05) is 23.3 Å². The molecule has 172 valence electrons. The molecule has 4 heterocycles. The highest BCUT2D eigenvalue weighted by molar-refractivity contribution is 7.13. The number of urea groups is 1. The molecule has 0 saturated carbocycles. The number of amides is 2. The molecule has 10 heteroatoms. The van der Waals surface area contributed by atoms with Crippen LogP contribution in [0.25, 0.3) is 10.6 Å². The predicted octanol–water partition coefficient (Wildman–Crippen LogP) is 4.33. The van der Waals surface area contributed by atoms with Crippen LogP contribution in [-0.4, -0.2) is 51.5 Å². The number of likely N-dealkylation sites (tertiary alicyclic amines) is 1. The maximum Gasteiger partial charge on any atom is 0.329 e. The number of anilines is 2. The number of nitrogens with one attached hydrogen (secondary N) is 2. The van der Waals surface area contributed by atoms with Gasteiger partial charge in [0.15, 0.2) is 6.04 Å². The average Bonchev–Trinajstić information content (AvgIpc) is 3.29. The van der Waals surface area contributed by atoms with Crippen LogP contribution in [0.1, 0.15) is 37.9 Å². The second-order valence-electron chi connectivity index (χ2n) is 7.55. The van der Waals surface area contributed by atoms with Gasteiger partial charge >= 0.3 is 12.0 Å². The van der Waals surface area contributed by atoms with Crippen molar-refractivity contribution >= 4 is 35.0 Å². The molecule has 9 nitrogen and oxygen atoms in total. The lowest BCUT2D eigenvalue weighted by Gasteiger charge is -2.32. The van der Waals surface area contributed by atoms with Gasteiger partial charge in [0.1, 0.15) is 16.6 Å². The standard InChI is InChI=1S/C23H26N6O3S/c1-2-32-22(30)20(29-13-4-3-5-14-29)17-7-6-8-18(25-17)27-23(31)28-19-15-33-21(26-19)16-9-11-24-12-10-16/h6-12,15,20H,2-5,13-14H2,1H3,(H2,25,27,28,31). The smallest absolute Gasteiger partial charge is 0.329 e. The Bertz CT molecular complexity index is 1080. The number of pyridine rings is 2. The minimum atomic E-state index is -0.587. The van der Waals surface area contributed by atoms with E-state index < -0.39 is 12.1 Å². The fourth-order valence-corrected chi connectivity index (χ4v) is 4.51. The van der Waals surface area contributed by atoms with Crippen molar-refractivity contribution in [3.05, 3.63) is 53.8 Å². The van der Waals surface area contributed by atoms with E-state index in [4.69, 9.17) is 4.74 Å². The summed E-state index contributed by atoms with van der Waals surface area (Å²) in [5.74, 6) is 0.471. The molecule has 33 heavy (non-hydrogen) atoms. The van der Waals surface area contributed by atoms with E-state index in [0.29, 0.717) is 23.9 Å². The van der Waals surface area contributed by atoms with Crippen molar-refractivity contribution in [2.24, 2.45) is 0 Å². The second-order valence-corrected chi connectivity index (χ2v) is 8.41. The maximum atomic E-state index is 12.7. The molecule has 3 aromatic heterocycles. The molecular formula is C23H26N6O3S. The van der Waals surface area contributed by atoms with Crippen LogP contribution in [-0.2, 0) is 9.53 Å². The van der Waals surface area contributed by atoms with Gasteiger partial charge in [-0.2, -0.15) is 0 Å². The summed E-state index contributed by atoms with van der Waals surface area (Å²) in [7, 11) is 0. The summed E-state index contributed by atoms with van der Waals surface area (Å²) < 4.78 is 5.32. The first kappa shape index (κ1) is 22.8. The summed E-state index contributed by atoms with van der Waals surface area (Å²) in [5, 5.41) is 8.01. The van der Waals surface area contributed by atoms with Gasteiger partial charge in [0.25, 0.3) is 0 Å². The number of piperidine rings is 1. The molecule has 1 aliphatic rings. The zero-order valence-electron chi connectivity index (χ0n) is 18.4. The van der Waals surface area contributed by atoms with Crippen molar-refractivity contribution in [1.82, 2.24) is 19.9 Å². The monoisotopic (exact) mass is 466 g/mol. The van der Waals surface area contributed by atoms with Crippen molar-refractivity contribution in [1.29, 1.82) is 0 Å². The Labute approximate surface area is 196 Å². The number of rotatable bonds is 7. The van der Waals surface area contributed by atoms with E-state index in [2.05, 4.69) is 30.5 Å². The third-order valence-electron chi connectivity index (χ3n) is 5.23. The fourth-order valence-electron chi connectivity index (χ4n) is 3.75. The minimum absolute atomic E-state index is 0.304. The molecule has 0 bridgehead atoms. The molecule has 4 rings (SSSR count). The molecule has 1 fully saturated rings. The summed E-state index contributed by atoms with van der Waals surface area (Å²) in [5.41, 5.74) is 1.49. The first-order valence-electron chi connectivity index (χ1n) is 11.0. The van der Waals surface area contributed by atoms with Crippen molar-refractivity contribution in [2.75, 3.05) is 30.3 Å². The number of carbonyl (C=O) groups excluding carboxylic acids is 2. The molecule has 0 radical (unpaired) electrons. The van der Waals surface area contributed by atoms with Crippen molar-refractivity contribution < 1.29 is 14.3 Å². The van der Waals surface area contributed by atoms with E-state index in [1.165, 1.54) is 11.3 Å². The predicted molar refractivity (Wildman–Crippen MR) is 127 cm³/mol. The van der Waals surface area contributed by atoms with Gasteiger partial charge in [-0.15, -0.1) is 11.3 Å². The lowest BCUT2D eigenvalue weighted by Crippen LogP contribution is -2.39. The van der Waals surface area contributed by atoms with Crippen LogP contribution in [0, 0.1) is 0 Å². The van der Waals surface area contributed by atoms with Gasteiger partial charge in [-0.05, 0) is 57.1 Å². The average molecular weight is 467 g/mol. The maximum absolute atomic E-state index is 12.7. The molecule has 1 aliphatic heterocycles. The lowest BCUT2D eigenvalue weighted by atomic mass is 10.1. The van der Waals surface area contributed by atoms with Gasteiger partial charge in [-0.25, -0.2) is 19.6 Å². The molecule has 1 atom stereocenters. The molecular weight excluding hydrogens is 440 g/mol. The lowest BCUT2D eigenvalue weighted by molar-refractivity contribution is -0.150. The Morgan fingerprint density at radius 1 is 1.06 bits per heavy atom. The summed E-state index contributed by atoms with van der Waals surface area (Å²) in [6.07, 6.45) is 6.61. The van der Waals surface area contributed by atoms with Gasteiger partial charge in [-0.1, -0.05) is 12.5 Å². The third kappa shape index (κ3) is 5.91. The highest BCUT2D eigenvalue weighted by Gasteiger charge is 2.31. The van der Waals surface area contributed by atoms with E-state index in [-0.39, 0.29) is 5.97 Å². The van der Waals surface area contributed by atoms with Crippen molar-refractivity contribution in [2.45, 2.75) is 32.2 Å². The van der Waals surface area contributed by atoms with Crippen LogP contribution in [0.4, 0.5) is 16.4 Å². The summed E-state index contributed by atoms with van der Waals surface area (Å²) in [6, 6.07) is 7.93. The highest BCUT2D eigenvalue weighted by atomic mass is 32.1. The quantitative estimate of drug-likeness (QED) is 0.499. The Morgan fingerprint density at radius 3 is 2.58 bits per heavy atom. The third-order valence-corrected chi connectivity index (χ3v) is 6.12. The molecule has 3 aromatic rings. The van der Waals surface area contributed by atoms with E-state index in [1.807, 2.05) is 12.1 Å². The van der Waals surface area contributed by atoms with Crippen LogP contribution in [0.15, 0.2) is 48.1 Å².